The molecule has 2 aromatic rings. The number of benzene rings is 1. The second kappa shape index (κ2) is 5.80. The fraction of sp³-hybridized carbons (Fsp3) is 0.471. The zero-order valence-electron chi connectivity index (χ0n) is 12.3. The summed E-state index contributed by atoms with van der Waals surface area (Å²) in [5.41, 5.74) is 3.74. The summed E-state index contributed by atoms with van der Waals surface area (Å²) in [4.78, 5) is 2.58. The van der Waals surface area contributed by atoms with Gasteiger partial charge in [-0.2, -0.15) is 0 Å². The third-order valence-electron chi connectivity index (χ3n) is 4.36. The molecule has 3 nitrogen and oxygen atoms in total. The summed E-state index contributed by atoms with van der Waals surface area (Å²) in [5.74, 6) is 0.966. The van der Waals surface area contributed by atoms with Crippen molar-refractivity contribution in [2.24, 2.45) is 0 Å². The quantitative estimate of drug-likeness (QED) is 0.851. The van der Waals surface area contributed by atoms with Crippen LogP contribution in [0.4, 0.5) is 0 Å². The van der Waals surface area contributed by atoms with Gasteiger partial charge in [-0.15, -0.1) is 0 Å². The highest BCUT2D eigenvalue weighted by Gasteiger charge is 2.26. The van der Waals surface area contributed by atoms with E-state index in [9.17, 15) is 0 Å². The molecule has 1 saturated heterocycles. The molecule has 3 heteroatoms. The minimum Gasteiger partial charge on any atom is -0.361 e. The molecule has 0 radical (unpaired) electrons. The number of aromatic nitrogens is 1. The van der Waals surface area contributed by atoms with Crippen molar-refractivity contribution < 1.29 is 4.52 Å². The Hall–Kier alpha value is -1.61. The van der Waals surface area contributed by atoms with Crippen LogP contribution in [0.25, 0.3) is 0 Å². The monoisotopic (exact) mass is 270 g/mol. The van der Waals surface area contributed by atoms with Gasteiger partial charge in [0.05, 0.1) is 5.69 Å². The molecule has 3 rings (SSSR count). The van der Waals surface area contributed by atoms with Gasteiger partial charge in [-0.1, -0.05) is 35.5 Å². The molecule has 0 amide bonds. The molecule has 1 aromatic carbocycles. The third kappa shape index (κ3) is 2.78. The molecular weight excluding hydrogens is 248 g/mol. The van der Waals surface area contributed by atoms with Crippen LogP contribution in [0.5, 0.6) is 0 Å². The normalized spacial score (nSPS) is 19.6. The summed E-state index contributed by atoms with van der Waals surface area (Å²) in [6.45, 7) is 6.20. The Kier molecular flexibility index (Phi) is 3.88. The second-order valence-corrected chi connectivity index (χ2v) is 5.76. The maximum atomic E-state index is 5.28. The highest BCUT2D eigenvalue weighted by molar-refractivity contribution is 5.21. The Labute approximate surface area is 120 Å². The summed E-state index contributed by atoms with van der Waals surface area (Å²) in [5, 5.41) is 4.07. The van der Waals surface area contributed by atoms with Gasteiger partial charge in [-0.3, -0.25) is 4.90 Å². The first kappa shape index (κ1) is 13.4. The maximum absolute atomic E-state index is 5.28. The number of likely N-dealkylation sites (tertiary alicyclic amines) is 1. The highest BCUT2D eigenvalue weighted by atomic mass is 16.5. The summed E-state index contributed by atoms with van der Waals surface area (Å²) < 4.78 is 5.28. The lowest BCUT2D eigenvalue weighted by atomic mass is 10.0. The summed E-state index contributed by atoms with van der Waals surface area (Å²) >= 11 is 0. The van der Waals surface area contributed by atoms with E-state index < -0.39 is 0 Å². The molecule has 0 saturated carbocycles. The van der Waals surface area contributed by atoms with E-state index in [0.717, 1.165) is 24.4 Å². The van der Waals surface area contributed by atoms with E-state index in [1.54, 1.807) is 0 Å². The Morgan fingerprint density at radius 1 is 1.25 bits per heavy atom. The molecule has 0 spiro atoms. The van der Waals surface area contributed by atoms with Crippen LogP contribution in [0.1, 0.15) is 35.4 Å². The third-order valence-corrected chi connectivity index (χ3v) is 4.36. The zero-order valence-corrected chi connectivity index (χ0v) is 12.3. The van der Waals surface area contributed by atoms with Crippen molar-refractivity contribution in [3.8, 4) is 0 Å². The molecule has 1 atom stereocenters. The fourth-order valence-electron chi connectivity index (χ4n) is 3.15. The molecule has 2 heterocycles. The van der Waals surface area contributed by atoms with E-state index in [4.69, 9.17) is 4.52 Å². The topological polar surface area (TPSA) is 29.3 Å². The van der Waals surface area contributed by atoms with E-state index in [1.807, 2.05) is 13.8 Å². The Balaban J connectivity index is 1.70. The van der Waals surface area contributed by atoms with E-state index >= 15 is 0 Å². The van der Waals surface area contributed by atoms with Gasteiger partial charge in [0.1, 0.15) is 5.76 Å². The van der Waals surface area contributed by atoms with Crippen LogP contribution in [-0.2, 0) is 13.0 Å². The van der Waals surface area contributed by atoms with Crippen molar-refractivity contribution in [1.29, 1.82) is 0 Å². The van der Waals surface area contributed by atoms with Gasteiger partial charge in [-0.25, -0.2) is 0 Å². The van der Waals surface area contributed by atoms with Crippen LogP contribution < -0.4 is 0 Å². The largest absolute Gasteiger partial charge is 0.361 e. The molecule has 1 fully saturated rings. The molecule has 1 aliphatic rings. The van der Waals surface area contributed by atoms with Crippen LogP contribution in [-0.4, -0.2) is 22.6 Å². The molecule has 0 bridgehead atoms. The molecule has 20 heavy (non-hydrogen) atoms. The van der Waals surface area contributed by atoms with Crippen molar-refractivity contribution in [1.82, 2.24) is 10.1 Å². The first-order valence-electron chi connectivity index (χ1n) is 7.44. The zero-order chi connectivity index (χ0) is 13.9. The number of hydrogen-bond donors (Lipinski definition) is 0. The van der Waals surface area contributed by atoms with Gasteiger partial charge in [0.15, 0.2) is 0 Å². The number of hydrogen-bond acceptors (Lipinski definition) is 3. The molecule has 1 aromatic heterocycles. The Bertz CT molecular complexity index is 542. The molecule has 0 unspecified atom stereocenters. The van der Waals surface area contributed by atoms with Gasteiger partial charge in [0.2, 0.25) is 0 Å². The van der Waals surface area contributed by atoms with Crippen molar-refractivity contribution >= 4 is 0 Å². The Morgan fingerprint density at radius 2 is 2.05 bits per heavy atom. The molecular formula is C17H22N2O. The predicted octanol–water partition coefficient (Wildman–Crippen LogP) is 3.50. The highest BCUT2D eigenvalue weighted by Crippen LogP contribution is 2.25. The average molecular weight is 270 g/mol. The lowest BCUT2D eigenvalue weighted by Gasteiger charge is -2.24. The second-order valence-electron chi connectivity index (χ2n) is 5.76. The van der Waals surface area contributed by atoms with Crippen LogP contribution in [0.3, 0.4) is 0 Å². The number of nitrogens with zero attached hydrogens (tertiary/aromatic N) is 2. The van der Waals surface area contributed by atoms with Gasteiger partial charge in [0, 0.05) is 18.2 Å². The van der Waals surface area contributed by atoms with Gasteiger partial charge in [0.25, 0.3) is 0 Å². The Morgan fingerprint density at radius 3 is 2.75 bits per heavy atom. The minimum absolute atomic E-state index is 0.645. The average Bonchev–Trinajstić information content (AvgIpc) is 3.02. The standard InChI is InChI=1S/C17H22N2O/c1-13-17(14(2)20-18-13)12-19-10-6-9-16(19)11-15-7-4-3-5-8-15/h3-5,7-8,16H,6,9-12H2,1-2H3/t16-/m0/s1. The molecule has 0 aliphatic carbocycles. The van der Waals surface area contributed by atoms with Crippen molar-refractivity contribution in [2.75, 3.05) is 6.54 Å². The van der Waals surface area contributed by atoms with Crippen molar-refractivity contribution in [2.45, 2.75) is 45.7 Å². The van der Waals surface area contributed by atoms with Crippen LogP contribution in [0.2, 0.25) is 0 Å². The van der Waals surface area contributed by atoms with E-state index in [1.165, 1.54) is 30.5 Å². The molecule has 1 aliphatic heterocycles. The van der Waals surface area contributed by atoms with Crippen molar-refractivity contribution in [3.63, 3.8) is 0 Å². The minimum atomic E-state index is 0.645. The predicted molar refractivity (Wildman–Crippen MR) is 79.6 cm³/mol. The first-order valence-corrected chi connectivity index (χ1v) is 7.44. The lowest BCUT2D eigenvalue weighted by Crippen LogP contribution is -2.31. The van der Waals surface area contributed by atoms with Crippen LogP contribution in [0.15, 0.2) is 34.9 Å². The molecule has 0 N–H and O–H groups in total. The first-order chi connectivity index (χ1) is 9.74. The molecule has 106 valence electrons. The van der Waals surface area contributed by atoms with Gasteiger partial charge < -0.3 is 4.52 Å². The summed E-state index contributed by atoms with van der Waals surface area (Å²) in [6, 6.07) is 11.4. The van der Waals surface area contributed by atoms with E-state index in [0.29, 0.717) is 6.04 Å². The summed E-state index contributed by atoms with van der Waals surface area (Å²) in [6.07, 6.45) is 3.73. The van der Waals surface area contributed by atoms with Crippen LogP contribution >= 0.6 is 0 Å². The van der Waals surface area contributed by atoms with Crippen molar-refractivity contribution in [3.05, 3.63) is 52.9 Å². The summed E-state index contributed by atoms with van der Waals surface area (Å²) in [7, 11) is 0. The SMILES string of the molecule is Cc1noc(C)c1CN1CCC[C@H]1Cc1ccccc1. The van der Waals surface area contributed by atoms with Crippen LogP contribution in [0, 0.1) is 13.8 Å². The van der Waals surface area contributed by atoms with E-state index in [-0.39, 0.29) is 0 Å². The number of aryl methyl sites for hydroxylation is 2. The maximum Gasteiger partial charge on any atom is 0.138 e. The van der Waals surface area contributed by atoms with Gasteiger partial charge in [-0.05, 0) is 45.2 Å². The van der Waals surface area contributed by atoms with E-state index in [2.05, 4.69) is 40.4 Å². The smallest absolute Gasteiger partial charge is 0.138 e. The number of rotatable bonds is 4. The van der Waals surface area contributed by atoms with Gasteiger partial charge >= 0.3 is 0 Å². The lowest BCUT2D eigenvalue weighted by molar-refractivity contribution is 0.242. The fourth-order valence-corrected chi connectivity index (χ4v) is 3.15.